The van der Waals surface area contributed by atoms with E-state index < -0.39 is 10.0 Å². The maximum absolute atomic E-state index is 12.2. The van der Waals surface area contributed by atoms with Gasteiger partial charge in [0.25, 0.3) is 0 Å². The van der Waals surface area contributed by atoms with E-state index in [1.54, 1.807) is 12.1 Å². The molecule has 0 unspecified atom stereocenters. The zero-order valence-corrected chi connectivity index (χ0v) is 14.8. The van der Waals surface area contributed by atoms with Crippen molar-refractivity contribution in [1.29, 1.82) is 0 Å². The fraction of sp³-hybridized carbons (Fsp3) is 0.529. The molecule has 1 heterocycles. The normalized spacial score (nSPS) is 17.8. The largest absolute Gasteiger partial charge is 0.352 e. The number of amides is 2. The van der Waals surface area contributed by atoms with Crippen molar-refractivity contribution in [3.63, 3.8) is 0 Å². The highest BCUT2D eigenvalue weighted by atomic mass is 32.2. The fourth-order valence-electron chi connectivity index (χ4n) is 2.79. The average Bonchev–Trinajstić information content (AvgIpc) is 3.31. The maximum atomic E-state index is 12.2. The van der Waals surface area contributed by atoms with E-state index in [0.29, 0.717) is 19.4 Å². The Morgan fingerprint density at radius 1 is 1.20 bits per heavy atom. The lowest BCUT2D eigenvalue weighted by molar-refractivity contribution is -0.127. The van der Waals surface area contributed by atoms with Crippen molar-refractivity contribution < 1.29 is 18.0 Å². The third-order valence-electron chi connectivity index (χ3n) is 4.44. The van der Waals surface area contributed by atoms with Crippen LogP contribution < -0.4 is 10.0 Å². The first kappa shape index (κ1) is 17.9. The number of benzene rings is 1. The van der Waals surface area contributed by atoms with Gasteiger partial charge in [-0.05, 0) is 43.4 Å². The van der Waals surface area contributed by atoms with Crippen LogP contribution in [0.4, 0.5) is 0 Å². The molecule has 1 saturated carbocycles. The molecule has 7 nitrogen and oxygen atoms in total. The lowest BCUT2D eigenvalue weighted by Gasteiger charge is -2.15. The van der Waals surface area contributed by atoms with Gasteiger partial charge in [0.2, 0.25) is 21.8 Å². The second kappa shape index (κ2) is 7.53. The van der Waals surface area contributed by atoms with Crippen LogP contribution in [0.5, 0.6) is 0 Å². The topological polar surface area (TPSA) is 95.6 Å². The highest BCUT2D eigenvalue weighted by molar-refractivity contribution is 7.89. The molecule has 25 heavy (non-hydrogen) atoms. The van der Waals surface area contributed by atoms with Gasteiger partial charge >= 0.3 is 0 Å². The summed E-state index contributed by atoms with van der Waals surface area (Å²) in [6, 6.07) is 6.77. The molecule has 2 aliphatic rings. The first-order chi connectivity index (χ1) is 11.9. The molecule has 8 heteroatoms. The molecule has 0 radical (unpaired) electrons. The summed E-state index contributed by atoms with van der Waals surface area (Å²) in [5.41, 5.74) is 0.977. The Morgan fingerprint density at radius 2 is 1.92 bits per heavy atom. The van der Waals surface area contributed by atoms with Crippen LogP contribution in [-0.2, 0) is 26.0 Å². The molecule has 0 aromatic heterocycles. The van der Waals surface area contributed by atoms with Gasteiger partial charge in [-0.15, -0.1) is 0 Å². The highest BCUT2D eigenvalue weighted by Crippen LogP contribution is 2.18. The van der Waals surface area contributed by atoms with E-state index in [0.717, 1.165) is 31.4 Å². The molecule has 0 bridgehead atoms. The quantitative estimate of drug-likeness (QED) is 0.697. The minimum Gasteiger partial charge on any atom is -0.352 e. The van der Waals surface area contributed by atoms with Gasteiger partial charge in [0.1, 0.15) is 0 Å². The highest BCUT2D eigenvalue weighted by Gasteiger charge is 2.24. The van der Waals surface area contributed by atoms with E-state index in [4.69, 9.17) is 0 Å². The Bertz CT molecular complexity index is 742. The number of carbonyl (C=O) groups is 2. The third kappa shape index (κ3) is 5.02. The molecule has 2 amide bonds. The van der Waals surface area contributed by atoms with Crippen molar-refractivity contribution in [2.45, 2.75) is 43.0 Å². The summed E-state index contributed by atoms with van der Waals surface area (Å²) >= 11 is 0. The van der Waals surface area contributed by atoms with Gasteiger partial charge in [-0.3, -0.25) is 9.59 Å². The molecule has 0 atom stereocenters. The number of rotatable bonds is 8. The van der Waals surface area contributed by atoms with Crippen LogP contribution in [0.2, 0.25) is 0 Å². The number of hydrogen-bond donors (Lipinski definition) is 2. The minimum atomic E-state index is -3.70. The Labute approximate surface area is 147 Å². The molecule has 1 aliphatic heterocycles. The van der Waals surface area contributed by atoms with Gasteiger partial charge in [-0.2, -0.15) is 0 Å². The van der Waals surface area contributed by atoms with Crippen molar-refractivity contribution in [3.05, 3.63) is 29.8 Å². The Morgan fingerprint density at radius 3 is 2.52 bits per heavy atom. The summed E-state index contributed by atoms with van der Waals surface area (Å²) in [6.07, 6.45) is 4.16. The molecule has 136 valence electrons. The van der Waals surface area contributed by atoms with Gasteiger partial charge < -0.3 is 10.2 Å². The summed E-state index contributed by atoms with van der Waals surface area (Å²) in [5.74, 6) is -0.120. The SMILES string of the molecule is O=C(CNS(=O)(=O)c1ccc(CCN2CCCC2=O)cc1)NC1CC1. The summed E-state index contributed by atoms with van der Waals surface area (Å²) < 4.78 is 26.7. The monoisotopic (exact) mass is 365 g/mol. The molecule has 1 aromatic rings. The molecule has 3 rings (SSSR count). The van der Waals surface area contributed by atoms with Crippen LogP contribution in [0, 0.1) is 0 Å². The standard InChI is InChI=1S/C17H23N3O4S/c21-16(19-14-5-6-14)12-18-25(23,24)15-7-3-13(4-8-15)9-11-20-10-1-2-17(20)22/h3-4,7-8,14,18H,1-2,5-6,9-12H2,(H,19,21). The summed E-state index contributed by atoms with van der Waals surface area (Å²) in [7, 11) is -3.70. The zero-order valence-electron chi connectivity index (χ0n) is 14.0. The number of likely N-dealkylation sites (tertiary alicyclic amines) is 1. The zero-order chi connectivity index (χ0) is 17.9. The van der Waals surface area contributed by atoms with E-state index >= 15 is 0 Å². The van der Waals surface area contributed by atoms with Crippen LogP contribution >= 0.6 is 0 Å². The summed E-state index contributed by atoms with van der Waals surface area (Å²) in [5, 5.41) is 2.74. The predicted molar refractivity (Wildman–Crippen MR) is 92.3 cm³/mol. The van der Waals surface area contributed by atoms with E-state index in [1.807, 2.05) is 4.90 Å². The molecule has 2 N–H and O–H groups in total. The molecule has 1 aliphatic carbocycles. The molecular weight excluding hydrogens is 342 g/mol. The lowest BCUT2D eigenvalue weighted by Crippen LogP contribution is -2.37. The molecule has 1 aromatic carbocycles. The first-order valence-electron chi connectivity index (χ1n) is 8.60. The van der Waals surface area contributed by atoms with Crippen LogP contribution in [-0.4, -0.2) is 50.8 Å². The first-order valence-corrected chi connectivity index (χ1v) is 10.1. The maximum Gasteiger partial charge on any atom is 0.241 e. The second-order valence-corrected chi connectivity index (χ2v) is 8.31. The van der Waals surface area contributed by atoms with Crippen LogP contribution in [0.3, 0.4) is 0 Å². The van der Waals surface area contributed by atoms with E-state index in [2.05, 4.69) is 10.0 Å². The van der Waals surface area contributed by atoms with Crippen LogP contribution in [0.1, 0.15) is 31.2 Å². The molecule has 0 spiro atoms. The predicted octanol–water partition coefficient (Wildman–Crippen LogP) is 0.408. The minimum absolute atomic E-state index is 0.132. The Hall–Kier alpha value is -1.93. The second-order valence-electron chi connectivity index (χ2n) is 6.54. The van der Waals surface area contributed by atoms with Gasteiger partial charge in [-0.1, -0.05) is 12.1 Å². The molecule has 2 fully saturated rings. The number of nitrogens with one attached hydrogen (secondary N) is 2. The number of sulfonamides is 1. The van der Waals surface area contributed by atoms with Gasteiger partial charge in [0.05, 0.1) is 11.4 Å². The Balaban J connectivity index is 1.51. The van der Waals surface area contributed by atoms with Gasteiger partial charge in [0.15, 0.2) is 0 Å². The van der Waals surface area contributed by atoms with E-state index in [-0.39, 0.29) is 29.3 Å². The van der Waals surface area contributed by atoms with Gasteiger partial charge in [0, 0.05) is 25.6 Å². The summed E-state index contributed by atoms with van der Waals surface area (Å²) in [4.78, 5) is 25.1. The summed E-state index contributed by atoms with van der Waals surface area (Å²) in [6.45, 7) is 1.21. The van der Waals surface area contributed by atoms with Crippen molar-refractivity contribution in [1.82, 2.24) is 14.9 Å². The van der Waals surface area contributed by atoms with Gasteiger partial charge in [-0.25, -0.2) is 13.1 Å². The van der Waals surface area contributed by atoms with Crippen molar-refractivity contribution in [2.75, 3.05) is 19.6 Å². The smallest absolute Gasteiger partial charge is 0.241 e. The van der Waals surface area contributed by atoms with Crippen LogP contribution in [0.15, 0.2) is 29.2 Å². The average molecular weight is 365 g/mol. The molecular formula is C17H23N3O4S. The third-order valence-corrected chi connectivity index (χ3v) is 5.86. The Kier molecular flexibility index (Phi) is 5.39. The van der Waals surface area contributed by atoms with Crippen LogP contribution in [0.25, 0.3) is 0 Å². The van der Waals surface area contributed by atoms with E-state index in [1.165, 1.54) is 12.1 Å². The number of nitrogens with zero attached hydrogens (tertiary/aromatic N) is 1. The number of hydrogen-bond acceptors (Lipinski definition) is 4. The fourth-order valence-corrected chi connectivity index (χ4v) is 3.77. The van der Waals surface area contributed by atoms with Crippen molar-refractivity contribution in [3.8, 4) is 0 Å². The molecule has 1 saturated heterocycles. The van der Waals surface area contributed by atoms with Crippen molar-refractivity contribution in [2.24, 2.45) is 0 Å². The number of carbonyl (C=O) groups excluding carboxylic acids is 2. The van der Waals surface area contributed by atoms with Crippen molar-refractivity contribution >= 4 is 21.8 Å². The van der Waals surface area contributed by atoms with E-state index in [9.17, 15) is 18.0 Å². The lowest BCUT2D eigenvalue weighted by atomic mass is 10.1.